The van der Waals surface area contributed by atoms with Crippen molar-refractivity contribution in [2.24, 2.45) is 5.92 Å². The van der Waals surface area contributed by atoms with Gasteiger partial charge in [-0.15, -0.1) is 0 Å². The lowest BCUT2D eigenvalue weighted by molar-refractivity contribution is 0.356. The lowest BCUT2D eigenvalue weighted by atomic mass is 10.1. The van der Waals surface area contributed by atoms with Gasteiger partial charge in [0.05, 0.1) is 4.90 Å². The number of sulfonamides is 1. The first-order chi connectivity index (χ1) is 9.66. The molecule has 0 amide bonds. The fourth-order valence-electron chi connectivity index (χ4n) is 3.86. The summed E-state index contributed by atoms with van der Waals surface area (Å²) in [6.07, 6.45) is 7.78. The summed E-state index contributed by atoms with van der Waals surface area (Å²) < 4.78 is 27.6. The summed E-state index contributed by atoms with van der Waals surface area (Å²) in [4.78, 5) is 0.519. The van der Waals surface area contributed by atoms with Crippen LogP contribution in [0.2, 0.25) is 0 Å². The van der Waals surface area contributed by atoms with Gasteiger partial charge in [-0.25, -0.2) is 8.42 Å². The summed E-state index contributed by atoms with van der Waals surface area (Å²) in [5.74, 6) is 0.627. The van der Waals surface area contributed by atoms with Crippen molar-refractivity contribution in [3.63, 3.8) is 0 Å². The van der Waals surface area contributed by atoms with Crippen molar-refractivity contribution in [1.82, 2.24) is 4.31 Å². The topological polar surface area (TPSA) is 37.4 Å². The van der Waals surface area contributed by atoms with Gasteiger partial charge in [0.2, 0.25) is 10.0 Å². The Balaban J connectivity index is 1.69. The Kier molecular flexibility index (Phi) is 2.93. The Labute approximate surface area is 121 Å². The van der Waals surface area contributed by atoms with Gasteiger partial charge in [-0.3, -0.25) is 0 Å². The number of nitrogens with zero attached hydrogens (tertiary/aromatic N) is 1. The summed E-state index contributed by atoms with van der Waals surface area (Å²) in [5, 5.41) is 0. The SMILES string of the molecule is O=S(=O)(c1ccc2c(c1)CCC2)N1CCCC1C1CC1. The van der Waals surface area contributed by atoms with Crippen LogP contribution in [0.25, 0.3) is 0 Å². The lowest BCUT2D eigenvalue weighted by Gasteiger charge is -2.24. The Morgan fingerprint density at radius 1 is 1.00 bits per heavy atom. The summed E-state index contributed by atoms with van der Waals surface area (Å²) in [7, 11) is -3.28. The minimum Gasteiger partial charge on any atom is -0.207 e. The summed E-state index contributed by atoms with van der Waals surface area (Å²) >= 11 is 0. The van der Waals surface area contributed by atoms with Crippen LogP contribution in [-0.2, 0) is 22.9 Å². The lowest BCUT2D eigenvalue weighted by Crippen LogP contribution is -2.36. The van der Waals surface area contributed by atoms with Gasteiger partial charge in [-0.1, -0.05) is 6.07 Å². The van der Waals surface area contributed by atoms with E-state index >= 15 is 0 Å². The van der Waals surface area contributed by atoms with Crippen LogP contribution in [0.4, 0.5) is 0 Å². The molecule has 2 aliphatic carbocycles. The van der Waals surface area contributed by atoms with Crippen LogP contribution in [0.3, 0.4) is 0 Å². The Morgan fingerprint density at radius 2 is 1.80 bits per heavy atom. The fourth-order valence-corrected chi connectivity index (χ4v) is 5.67. The number of hydrogen-bond donors (Lipinski definition) is 0. The van der Waals surface area contributed by atoms with Gasteiger partial charge in [0.25, 0.3) is 0 Å². The maximum atomic E-state index is 12.9. The molecule has 0 spiro atoms. The van der Waals surface area contributed by atoms with Crippen molar-refractivity contribution in [1.29, 1.82) is 0 Å². The van der Waals surface area contributed by atoms with Gasteiger partial charge < -0.3 is 0 Å². The first kappa shape index (κ1) is 12.8. The zero-order valence-electron chi connectivity index (χ0n) is 11.7. The highest BCUT2D eigenvalue weighted by atomic mass is 32.2. The second kappa shape index (κ2) is 4.57. The van der Waals surface area contributed by atoms with E-state index in [-0.39, 0.29) is 6.04 Å². The first-order valence-corrected chi connectivity index (χ1v) is 9.24. The van der Waals surface area contributed by atoms with Crippen molar-refractivity contribution in [2.75, 3.05) is 6.54 Å². The molecule has 1 saturated heterocycles. The quantitative estimate of drug-likeness (QED) is 0.858. The molecule has 1 unspecified atom stereocenters. The van der Waals surface area contributed by atoms with Crippen LogP contribution in [0.5, 0.6) is 0 Å². The Hall–Kier alpha value is -0.870. The van der Waals surface area contributed by atoms with Gasteiger partial charge in [0.1, 0.15) is 0 Å². The second-order valence-electron chi connectivity index (χ2n) is 6.45. The number of hydrogen-bond acceptors (Lipinski definition) is 2. The first-order valence-electron chi connectivity index (χ1n) is 7.80. The van der Waals surface area contributed by atoms with Crippen LogP contribution < -0.4 is 0 Å². The largest absolute Gasteiger partial charge is 0.243 e. The van der Waals surface area contributed by atoms with E-state index in [4.69, 9.17) is 0 Å². The van der Waals surface area contributed by atoms with Crippen molar-refractivity contribution < 1.29 is 8.42 Å². The fraction of sp³-hybridized carbons (Fsp3) is 0.625. The molecular weight excluding hydrogens is 270 g/mol. The van der Waals surface area contributed by atoms with Gasteiger partial charge in [-0.2, -0.15) is 4.31 Å². The molecule has 1 aliphatic heterocycles. The molecule has 0 bridgehead atoms. The van der Waals surface area contributed by atoms with E-state index in [0.29, 0.717) is 17.4 Å². The molecule has 4 rings (SSSR count). The second-order valence-corrected chi connectivity index (χ2v) is 8.34. The maximum Gasteiger partial charge on any atom is 0.243 e. The standard InChI is InChI=1S/C16H21NO2S/c18-20(19,17-10-2-5-16(17)13-6-7-13)15-9-8-12-3-1-4-14(12)11-15/h8-9,11,13,16H,1-7,10H2. The molecule has 2 fully saturated rings. The average molecular weight is 291 g/mol. The number of aryl methyl sites for hydroxylation is 2. The predicted octanol–water partition coefficient (Wildman–Crippen LogP) is 2.74. The van der Waals surface area contributed by atoms with Gasteiger partial charge in [-0.05, 0) is 74.1 Å². The monoisotopic (exact) mass is 291 g/mol. The molecule has 4 heteroatoms. The highest BCUT2D eigenvalue weighted by Crippen LogP contribution is 2.42. The molecule has 108 valence electrons. The highest BCUT2D eigenvalue weighted by Gasteiger charge is 2.43. The molecule has 1 atom stereocenters. The number of fused-ring (bicyclic) bond motifs is 1. The van der Waals surface area contributed by atoms with Crippen molar-refractivity contribution in [3.8, 4) is 0 Å². The van der Waals surface area contributed by atoms with Crippen molar-refractivity contribution in [3.05, 3.63) is 29.3 Å². The van der Waals surface area contributed by atoms with E-state index < -0.39 is 10.0 Å². The van der Waals surface area contributed by atoms with Crippen LogP contribution in [0.15, 0.2) is 23.1 Å². The molecule has 3 aliphatic rings. The predicted molar refractivity (Wildman–Crippen MR) is 78.1 cm³/mol. The number of rotatable bonds is 3. The third kappa shape index (κ3) is 2.01. The molecule has 1 saturated carbocycles. The third-order valence-corrected chi connectivity index (χ3v) is 7.01. The third-order valence-electron chi connectivity index (χ3n) is 5.09. The van der Waals surface area contributed by atoms with E-state index in [2.05, 4.69) is 0 Å². The van der Waals surface area contributed by atoms with E-state index in [1.165, 1.54) is 24.0 Å². The summed E-state index contributed by atoms with van der Waals surface area (Å²) in [6, 6.07) is 6.05. The van der Waals surface area contributed by atoms with Crippen LogP contribution >= 0.6 is 0 Å². The van der Waals surface area contributed by atoms with E-state index in [1.54, 1.807) is 4.31 Å². The molecular formula is C16H21NO2S. The normalized spacial score (nSPS) is 26.9. The van der Waals surface area contributed by atoms with Crippen LogP contribution in [0.1, 0.15) is 43.2 Å². The van der Waals surface area contributed by atoms with E-state index in [9.17, 15) is 8.42 Å². The molecule has 3 nitrogen and oxygen atoms in total. The van der Waals surface area contributed by atoms with Crippen molar-refractivity contribution in [2.45, 2.75) is 55.9 Å². The summed E-state index contributed by atoms with van der Waals surface area (Å²) in [6.45, 7) is 0.709. The molecule has 0 N–H and O–H groups in total. The molecule has 1 heterocycles. The minimum absolute atomic E-state index is 0.272. The zero-order valence-corrected chi connectivity index (χ0v) is 12.5. The zero-order chi connectivity index (χ0) is 13.7. The summed E-state index contributed by atoms with van der Waals surface area (Å²) in [5.41, 5.74) is 2.58. The van der Waals surface area contributed by atoms with Crippen molar-refractivity contribution >= 4 is 10.0 Å². The van der Waals surface area contributed by atoms with Gasteiger partial charge in [0, 0.05) is 12.6 Å². The maximum absolute atomic E-state index is 12.9. The van der Waals surface area contributed by atoms with E-state index in [0.717, 1.165) is 32.1 Å². The molecule has 20 heavy (non-hydrogen) atoms. The minimum atomic E-state index is -3.28. The molecule has 1 aromatic carbocycles. The highest BCUT2D eigenvalue weighted by molar-refractivity contribution is 7.89. The Morgan fingerprint density at radius 3 is 2.60 bits per heavy atom. The molecule has 0 aromatic heterocycles. The Bertz CT molecular complexity index is 634. The average Bonchev–Trinajstić information content (AvgIpc) is 3.00. The smallest absolute Gasteiger partial charge is 0.207 e. The van der Waals surface area contributed by atoms with Gasteiger partial charge >= 0.3 is 0 Å². The molecule has 0 radical (unpaired) electrons. The number of benzene rings is 1. The van der Waals surface area contributed by atoms with Gasteiger partial charge in [0.15, 0.2) is 0 Å². The molecule has 1 aromatic rings. The van der Waals surface area contributed by atoms with Crippen LogP contribution in [-0.4, -0.2) is 25.3 Å². The van der Waals surface area contributed by atoms with E-state index in [1.807, 2.05) is 18.2 Å². The van der Waals surface area contributed by atoms with Crippen LogP contribution in [0, 0.1) is 5.92 Å².